The van der Waals surface area contributed by atoms with Crippen LogP contribution in [0.3, 0.4) is 0 Å². The average Bonchev–Trinajstić information content (AvgIpc) is 2.81. The van der Waals surface area contributed by atoms with Gasteiger partial charge in [-0.2, -0.15) is 0 Å². The van der Waals surface area contributed by atoms with E-state index in [-0.39, 0.29) is 12.8 Å². The highest BCUT2D eigenvalue weighted by Gasteiger charge is 2.51. The maximum Gasteiger partial charge on any atom is 0.472 e. The molecular weight excluding hydrogens is 491 g/mol. The van der Waals surface area contributed by atoms with E-state index in [1.165, 1.54) is 0 Å². The highest BCUT2D eigenvalue weighted by molar-refractivity contribution is 7.47. The molecule has 0 aliphatic heterocycles. The normalized spacial score (nSPS) is 29.3. The lowest BCUT2D eigenvalue weighted by Crippen LogP contribution is -2.64. The van der Waals surface area contributed by atoms with Crippen molar-refractivity contribution in [2.75, 3.05) is 13.2 Å². The second kappa shape index (κ2) is 15.9. The molecule has 0 radical (unpaired) electrons. The van der Waals surface area contributed by atoms with Gasteiger partial charge in [-0.15, -0.1) is 0 Å². The summed E-state index contributed by atoms with van der Waals surface area (Å²) in [7, 11) is -5.06. The van der Waals surface area contributed by atoms with Crippen molar-refractivity contribution in [1.29, 1.82) is 0 Å². The Bertz CT molecular complexity index is 674. The Kier molecular flexibility index (Phi) is 14.4. The number of unbranched alkanes of at least 4 members (excludes halogenated alkanes) is 4. The van der Waals surface area contributed by atoms with Crippen LogP contribution in [0.2, 0.25) is 0 Å². The van der Waals surface area contributed by atoms with Gasteiger partial charge in [0.1, 0.15) is 43.2 Å². The van der Waals surface area contributed by atoms with Gasteiger partial charge in [-0.25, -0.2) is 4.57 Å². The molecule has 1 fully saturated rings. The molecule has 206 valence electrons. The number of phosphoric acid groups is 1. The summed E-state index contributed by atoms with van der Waals surface area (Å²) < 4.78 is 32.2. The van der Waals surface area contributed by atoms with Gasteiger partial charge >= 0.3 is 19.8 Å². The van der Waals surface area contributed by atoms with E-state index in [9.17, 15) is 44.6 Å². The van der Waals surface area contributed by atoms with Gasteiger partial charge in [-0.3, -0.25) is 18.6 Å². The average molecular weight is 531 g/mol. The summed E-state index contributed by atoms with van der Waals surface area (Å²) in [5.74, 6) is -1.16. The van der Waals surface area contributed by atoms with E-state index in [1.807, 2.05) is 13.8 Å². The first-order chi connectivity index (χ1) is 16.4. The van der Waals surface area contributed by atoms with E-state index in [4.69, 9.17) is 18.5 Å². The van der Waals surface area contributed by atoms with Crippen molar-refractivity contribution in [3.63, 3.8) is 0 Å². The Hall–Kier alpha value is -1.15. The fraction of sp³-hybridized carbons (Fsp3) is 0.905. The Balaban J connectivity index is 2.74. The smallest absolute Gasteiger partial charge is 0.462 e. The number of ether oxygens (including phenoxy) is 2. The number of carbonyl (C=O) groups excluding carboxylic acids is 2. The summed E-state index contributed by atoms with van der Waals surface area (Å²) in [5.41, 5.74) is 0. The molecule has 13 nitrogen and oxygen atoms in total. The van der Waals surface area contributed by atoms with E-state index < -0.39 is 75.7 Å². The third kappa shape index (κ3) is 11.2. The zero-order valence-electron chi connectivity index (χ0n) is 20.1. The molecule has 1 aliphatic rings. The fourth-order valence-corrected chi connectivity index (χ4v) is 4.31. The number of phosphoric ester groups is 1. The zero-order valence-corrected chi connectivity index (χ0v) is 21.0. The molecule has 0 heterocycles. The number of rotatable bonds is 16. The first kappa shape index (κ1) is 31.9. The minimum atomic E-state index is -5.06. The van der Waals surface area contributed by atoms with E-state index >= 15 is 0 Å². The first-order valence-electron chi connectivity index (χ1n) is 11.8. The number of aliphatic hydroxyl groups excluding tert-OH is 5. The molecule has 0 aromatic carbocycles. The van der Waals surface area contributed by atoms with Crippen LogP contribution in [-0.2, 0) is 32.7 Å². The molecule has 8 atom stereocenters. The van der Waals surface area contributed by atoms with Crippen LogP contribution >= 0.6 is 7.82 Å². The fourth-order valence-electron chi connectivity index (χ4n) is 3.34. The molecule has 1 aliphatic carbocycles. The molecule has 0 bridgehead atoms. The maximum atomic E-state index is 12.4. The molecule has 0 spiro atoms. The van der Waals surface area contributed by atoms with Gasteiger partial charge in [0, 0.05) is 12.8 Å². The third-order valence-corrected chi connectivity index (χ3v) is 6.43. The summed E-state index contributed by atoms with van der Waals surface area (Å²) in [4.78, 5) is 34.0. The lowest BCUT2D eigenvalue weighted by molar-refractivity contribution is -0.220. The van der Waals surface area contributed by atoms with Gasteiger partial charge in [0.05, 0.1) is 6.61 Å². The summed E-state index contributed by atoms with van der Waals surface area (Å²) in [6.45, 7) is 2.75. The van der Waals surface area contributed by atoms with E-state index in [0.29, 0.717) is 12.8 Å². The molecule has 0 aromatic rings. The van der Waals surface area contributed by atoms with E-state index in [0.717, 1.165) is 25.7 Å². The number of esters is 2. The van der Waals surface area contributed by atoms with Crippen molar-refractivity contribution in [1.82, 2.24) is 0 Å². The van der Waals surface area contributed by atoms with Crippen molar-refractivity contribution in [3.05, 3.63) is 0 Å². The van der Waals surface area contributed by atoms with Crippen LogP contribution in [0.5, 0.6) is 0 Å². The summed E-state index contributed by atoms with van der Waals surface area (Å²) in [5, 5.41) is 49.0. The summed E-state index contributed by atoms with van der Waals surface area (Å²) >= 11 is 0. The van der Waals surface area contributed by atoms with Crippen LogP contribution in [-0.4, -0.2) is 98.3 Å². The predicted molar refractivity (Wildman–Crippen MR) is 120 cm³/mol. The number of hydrogen-bond acceptors (Lipinski definition) is 12. The van der Waals surface area contributed by atoms with Crippen LogP contribution in [0, 0.1) is 0 Å². The first-order valence-corrected chi connectivity index (χ1v) is 13.3. The van der Waals surface area contributed by atoms with Gasteiger partial charge in [0.25, 0.3) is 0 Å². The van der Waals surface area contributed by atoms with Crippen LogP contribution < -0.4 is 0 Å². The van der Waals surface area contributed by atoms with Crippen molar-refractivity contribution in [3.8, 4) is 0 Å². The van der Waals surface area contributed by atoms with Crippen molar-refractivity contribution in [2.45, 2.75) is 108 Å². The van der Waals surface area contributed by atoms with E-state index in [1.54, 1.807) is 0 Å². The van der Waals surface area contributed by atoms with E-state index in [2.05, 4.69) is 0 Å². The Labute approximate surface area is 204 Å². The number of aliphatic hydroxyl groups is 5. The Morgan fingerprint density at radius 1 is 0.771 bits per heavy atom. The molecular formula is C21H39O13P. The van der Waals surface area contributed by atoms with Crippen LogP contribution in [0.1, 0.15) is 65.2 Å². The topological polar surface area (TPSA) is 210 Å². The van der Waals surface area contributed by atoms with Gasteiger partial charge in [0.2, 0.25) is 0 Å². The second-order valence-electron chi connectivity index (χ2n) is 8.50. The predicted octanol–water partition coefficient (Wildman–Crippen LogP) is -0.0777. The van der Waals surface area contributed by atoms with Gasteiger partial charge in [-0.05, 0) is 12.8 Å². The highest BCUT2D eigenvalue weighted by Crippen LogP contribution is 2.47. The summed E-state index contributed by atoms with van der Waals surface area (Å²) in [6.07, 6.45) is -8.31. The Morgan fingerprint density at radius 2 is 1.26 bits per heavy atom. The lowest BCUT2D eigenvalue weighted by Gasteiger charge is -2.41. The zero-order chi connectivity index (χ0) is 26.6. The number of hydrogen-bond donors (Lipinski definition) is 6. The molecule has 1 saturated carbocycles. The monoisotopic (exact) mass is 530 g/mol. The molecule has 1 rings (SSSR count). The third-order valence-electron chi connectivity index (χ3n) is 5.45. The van der Waals surface area contributed by atoms with Crippen molar-refractivity contribution >= 4 is 19.8 Å². The maximum absolute atomic E-state index is 12.4. The van der Waals surface area contributed by atoms with Crippen LogP contribution in [0.15, 0.2) is 0 Å². The molecule has 3 unspecified atom stereocenters. The Morgan fingerprint density at radius 3 is 1.77 bits per heavy atom. The molecule has 14 heteroatoms. The van der Waals surface area contributed by atoms with Gasteiger partial charge in [0.15, 0.2) is 6.10 Å². The van der Waals surface area contributed by atoms with Crippen molar-refractivity contribution in [2.24, 2.45) is 0 Å². The minimum Gasteiger partial charge on any atom is -0.462 e. The van der Waals surface area contributed by atoms with Crippen molar-refractivity contribution < 1.29 is 63.1 Å². The molecule has 6 N–H and O–H groups in total. The quantitative estimate of drug-likeness (QED) is 0.0877. The van der Waals surface area contributed by atoms with Gasteiger partial charge < -0.3 is 39.9 Å². The molecule has 0 saturated heterocycles. The van der Waals surface area contributed by atoms with Crippen LogP contribution in [0.25, 0.3) is 0 Å². The second-order valence-corrected chi connectivity index (χ2v) is 9.90. The number of carbonyl (C=O) groups is 2. The highest BCUT2D eigenvalue weighted by atomic mass is 31.2. The van der Waals surface area contributed by atoms with Gasteiger partial charge in [-0.1, -0.05) is 39.5 Å². The largest absolute Gasteiger partial charge is 0.472 e. The lowest BCUT2D eigenvalue weighted by atomic mass is 9.85. The summed E-state index contributed by atoms with van der Waals surface area (Å²) in [6, 6.07) is 0. The minimum absolute atomic E-state index is 0.0840. The molecule has 0 amide bonds. The SMILES string of the molecule is CCCCCC(=O)OC[C@H](COP(=O)(O)OC1[C@H](O)[C@H](O)C(O)[C@H](O)[C@H]1O)OC(=O)CCCCC. The standard InChI is InChI=1S/C21H39O13P/c1-3-5-7-9-14(22)31-11-13(33-15(23)10-8-6-4-2)12-32-35(29,30)34-21-19(27)17(25)16(24)18(26)20(21)28/h13,16-21,24-28H,3-12H2,1-2H3,(H,29,30)/t13-,16?,17-,18+,19-,20-,21?/m1/s1. The van der Waals surface area contributed by atoms with Crippen LogP contribution in [0.4, 0.5) is 0 Å². The molecule has 0 aromatic heterocycles. The molecule has 35 heavy (non-hydrogen) atoms.